The standard InChI is InChI=1S/C22H20N2OS/c1-15(2)18-14-26-22-21(18)19(25)13-20(23-16-9-5-3-6-10-16)24(22)17-11-7-4-8-12-17/h3-15,23H,1-2H3. The minimum absolute atomic E-state index is 0.0653. The predicted octanol–water partition coefficient (Wildman–Crippen LogP) is 5.92. The molecule has 0 radical (unpaired) electrons. The molecule has 0 aliphatic heterocycles. The zero-order chi connectivity index (χ0) is 18.1. The van der Waals surface area contributed by atoms with Crippen LogP contribution in [0.5, 0.6) is 0 Å². The molecule has 0 spiro atoms. The van der Waals surface area contributed by atoms with Gasteiger partial charge in [-0.25, -0.2) is 0 Å². The Bertz CT molecular complexity index is 1100. The second-order valence-electron chi connectivity index (χ2n) is 6.58. The van der Waals surface area contributed by atoms with Crippen LogP contribution in [0.25, 0.3) is 15.9 Å². The quantitative estimate of drug-likeness (QED) is 0.490. The van der Waals surface area contributed by atoms with Gasteiger partial charge in [0.15, 0.2) is 5.43 Å². The van der Waals surface area contributed by atoms with Crippen LogP contribution in [0.3, 0.4) is 0 Å². The van der Waals surface area contributed by atoms with Gasteiger partial charge in [0.1, 0.15) is 10.6 Å². The molecule has 2 aromatic heterocycles. The fourth-order valence-electron chi connectivity index (χ4n) is 3.16. The molecular weight excluding hydrogens is 340 g/mol. The van der Waals surface area contributed by atoms with Gasteiger partial charge in [0.05, 0.1) is 5.39 Å². The van der Waals surface area contributed by atoms with Crippen molar-refractivity contribution in [2.24, 2.45) is 0 Å². The lowest BCUT2D eigenvalue weighted by Crippen LogP contribution is -2.12. The maximum absolute atomic E-state index is 12.9. The van der Waals surface area contributed by atoms with Crippen LogP contribution < -0.4 is 10.7 Å². The van der Waals surface area contributed by atoms with E-state index in [1.165, 1.54) is 0 Å². The molecule has 2 heterocycles. The molecular formula is C22H20N2OS. The van der Waals surface area contributed by atoms with Crippen molar-refractivity contribution in [1.82, 2.24) is 4.57 Å². The van der Waals surface area contributed by atoms with Gasteiger partial charge < -0.3 is 5.32 Å². The van der Waals surface area contributed by atoms with Crippen molar-refractivity contribution in [3.63, 3.8) is 0 Å². The minimum Gasteiger partial charge on any atom is -0.341 e. The van der Waals surface area contributed by atoms with Crippen LogP contribution in [0, 0.1) is 0 Å². The number of hydrogen-bond donors (Lipinski definition) is 1. The van der Waals surface area contributed by atoms with Crippen LogP contribution in [0.15, 0.2) is 76.9 Å². The Balaban J connectivity index is 2.00. The van der Waals surface area contributed by atoms with E-state index in [9.17, 15) is 4.79 Å². The van der Waals surface area contributed by atoms with E-state index < -0.39 is 0 Å². The van der Waals surface area contributed by atoms with Crippen molar-refractivity contribution in [3.8, 4) is 5.69 Å². The summed E-state index contributed by atoms with van der Waals surface area (Å²) in [5.41, 5.74) is 3.17. The molecule has 26 heavy (non-hydrogen) atoms. The van der Waals surface area contributed by atoms with Gasteiger partial charge >= 0.3 is 0 Å². The molecule has 1 N–H and O–H groups in total. The Morgan fingerprint density at radius 1 is 0.962 bits per heavy atom. The largest absolute Gasteiger partial charge is 0.341 e. The van der Waals surface area contributed by atoms with Gasteiger partial charge in [-0.1, -0.05) is 50.2 Å². The number of pyridine rings is 1. The number of hydrogen-bond acceptors (Lipinski definition) is 3. The number of nitrogens with zero attached hydrogens (tertiary/aromatic N) is 1. The molecule has 0 aliphatic carbocycles. The first kappa shape index (κ1) is 16.6. The molecule has 3 nitrogen and oxygen atoms in total. The highest BCUT2D eigenvalue weighted by molar-refractivity contribution is 7.17. The van der Waals surface area contributed by atoms with Crippen molar-refractivity contribution in [1.29, 1.82) is 0 Å². The molecule has 0 unspecified atom stereocenters. The van der Waals surface area contributed by atoms with Gasteiger partial charge in [-0.05, 0) is 41.1 Å². The number of fused-ring (bicyclic) bond motifs is 1. The van der Waals surface area contributed by atoms with Crippen LogP contribution in [0.2, 0.25) is 0 Å². The van der Waals surface area contributed by atoms with E-state index in [-0.39, 0.29) is 5.43 Å². The summed E-state index contributed by atoms with van der Waals surface area (Å²) in [6.45, 7) is 4.26. The Kier molecular flexibility index (Phi) is 4.35. The summed E-state index contributed by atoms with van der Waals surface area (Å²) < 4.78 is 2.14. The summed E-state index contributed by atoms with van der Waals surface area (Å²) in [5, 5.41) is 6.35. The van der Waals surface area contributed by atoms with Crippen molar-refractivity contribution in [3.05, 3.63) is 87.9 Å². The number of nitrogens with one attached hydrogen (secondary N) is 1. The molecule has 4 heteroatoms. The molecule has 4 aromatic rings. The van der Waals surface area contributed by atoms with Gasteiger partial charge in [-0.2, -0.15) is 0 Å². The van der Waals surface area contributed by atoms with E-state index >= 15 is 0 Å². The van der Waals surface area contributed by atoms with E-state index in [2.05, 4.69) is 41.2 Å². The van der Waals surface area contributed by atoms with Crippen molar-refractivity contribution in [2.45, 2.75) is 19.8 Å². The Hall–Kier alpha value is -2.85. The maximum atomic E-state index is 12.9. The lowest BCUT2D eigenvalue weighted by atomic mass is 10.0. The molecule has 0 aliphatic rings. The molecule has 0 bridgehead atoms. The lowest BCUT2D eigenvalue weighted by Gasteiger charge is -2.17. The van der Waals surface area contributed by atoms with Gasteiger partial charge in [0.2, 0.25) is 0 Å². The first-order valence-electron chi connectivity index (χ1n) is 8.70. The highest BCUT2D eigenvalue weighted by atomic mass is 32.1. The summed E-state index contributed by atoms with van der Waals surface area (Å²) in [6.07, 6.45) is 0. The van der Waals surface area contributed by atoms with Crippen molar-refractivity contribution in [2.75, 3.05) is 5.32 Å². The second-order valence-corrected chi connectivity index (χ2v) is 7.44. The summed E-state index contributed by atoms with van der Waals surface area (Å²) >= 11 is 1.63. The Morgan fingerprint density at radius 2 is 1.62 bits per heavy atom. The monoisotopic (exact) mass is 360 g/mol. The van der Waals surface area contributed by atoms with E-state index in [0.717, 1.165) is 33.0 Å². The SMILES string of the molecule is CC(C)c1csc2c1c(=O)cc(Nc1ccccc1)n2-c1ccccc1. The fourth-order valence-corrected chi connectivity index (χ4v) is 4.44. The van der Waals surface area contributed by atoms with Crippen LogP contribution in [0.4, 0.5) is 11.5 Å². The highest BCUT2D eigenvalue weighted by Gasteiger charge is 2.17. The van der Waals surface area contributed by atoms with Gasteiger partial charge in [-0.3, -0.25) is 9.36 Å². The number of benzene rings is 2. The zero-order valence-electron chi connectivity index (χ0n) is 14.8. The van der Waals surface area contributed by atoms with Crippen molar-refractivity contribution < 1.29 is 0 Å². The topological polar surface area (TPSA) is 34.0 Å². The maximum Gasteiger partial charge on any atom is 0.192 e. The fraction of sp³-hybridized carbons (Fsp3) is 0.136. The second kappa shape index (κ2) is 6.81. The van der Waals surface area contributed by atoms with Gasteiger partial charge in [-0.15, -0.1) is 11.3 Å². The van der Waals surface area contributed by atoms with Gasteiger partial charge in [0.25, 0.3) is 0 Å². The summed E-state index contributed by atoms with van der Waals surface area (Å²) in [7, 11) is 0. The van der Waals surface area contributed by atoms with E-state index in [0.29, 0.717) is 5.92 Å². The smallest absolute Gasteiger partial charge is 0.192 e. The minimum atomic E-state index is 0.0653. The van der Waals surface area contributed by atoms with E-state index in [4.69, 9.17) is 0 Å². The molecule has 130 valence electrons. The summed E-state index contributed by atoms with van der Waals surface area (Å²) in [4.78, 5) is 13.9. The number of rotatable bonds is 4. The van der Waals surface area contributed by atoms with Crippen molar-refractivity contribution >= 4 is 33.1 Å². The third-order valence-electron chi connectivity index (χ3n) is 4.44. The molecule has 0 atom stereocenters. The molecule has 4 rings (SSSR count). The summed E-state index contributed by atoms with van der Waals surface area (Å²) in [5.74, 6) is 1.09. The van der Waals surface area contributed by atoms with Crippen LogP contribution in [0.1, 0.15) is 25.3 Å². The number of anilines is 2. The number of aromatic nitrogens is 1. The van der Waals surface area contributed by atoms with Gasteiger partial charge in [0, 0.05) is 17.4 Å². The average molecular weight is 360 g/mol. The lowest BCUT2D eigenvalue weighted by molar-refractivity contribution is 0.879. The predicted molar refractivity (Wildman–Crippen MR) is 111 cm³/mol. The Morgan fingerprint density at radius 3 is 2.27 bits per heavy atom. The summed E-state index contributed by atoms with van der Waals surface area (Å²) in [6, 6.07) is 21.8. The van der Waals surface area contributed by atoms with Crippen LogP contribution >= 0.6 is 11.3 Å². The molecule has 0 saturated heterocycles. The zero-order valence-corrected chi connectivity index (χ0v) is 15.6. The third-order valence-corrected chi connectivity index (χ3v) is 5.42. The number of thiophene rings is 1. The van der Waals surface area contributed by atoms with Crippen LogP contribution in [-0.2, 0) is 0 Å². The molecule has 0 amide bonds. The first-order chi connectivity index (χ1) is 12.6. The molecule has 0 saturated carbocycles. The normalized spacial score (nSPS) is 11.2. The first-order valence-corrected chi connectivity index (χ1v) is 9.58. The third kappa shape index (κ3) is 2.93. The van der Waals surface area contributed by atoms with E-state index in [1.54, 1.807) is 17.4 Å². The molecule has 2 aromatic carbocycles. The van der Waals surface area contributed by atoms with E-state index in [1.807, 2.05) is 48.5 Å². The molecule has 0 fully saturated rings. The average Bonchev–Trinajstić information content (AvgIpc) is 3.09. The highest BCUT2D eigenvalue weighted by Crippen LogP contribution is 2.33. The number of para-hydroxylation sites is 2. The van der Waals surface area contributed by atoms with Crippen LogP contribution in [-0.4, -0.2) is 4.57 Å². The Labute approximate surface area is 156 Å².